The summed E-state index contributed by atoms with van der Waals surface area (Å²) in [7, 11) is 1.89. The standard InChI is InChI=1S/C22H17N7O2/c1-27-14-16(12-24-27)15-9-10-28-20(13-23-22(28)11-15)19-3-2-4-21(26-19)25-17-5-7-18(8-6-17)29(30)31/h2-14H,1H3,(H,25,26). The summed E-state index contributed by atoms with van der Waals surface area (Å²) < 4.78 is 3.75. The van der Waals surface area contributed by atoms with Crippen LogP contribution in [0, 0.1) is 10.1 Å². The molecule has 4 aromatic heterocycles. The molecule has 0 aliphatic carbocycles. The summed E-state index contributed by atoms with van der Waals surface area (Å²) in [5, 5.41) is 18.2. The van der Waals surface area contributed by atoms with Crippen molar-refractivity contribution in [2.75, 3.05) is 5.32 Å². The van der Waals surface area contributed by atoms with Crippen molar-refractivity contribution in [3.05, 3.63) is 89.5 Å². The van der Waals surface area contributed by atoms with Gasteiger partial charge in [0.15, 0.2) is 0 Å². The number of nitrogens with zero attached hydrogens (tertiary/aromatic N) is 6. The van der Waals surface area contributed by atoms with Crippen molar-refractivity contribution in [1.82, 2.24) is 24.1 Å². The first-order chi connectivity index (χ1) is 15.1. The molecule has 0 bridgehead atoms. The first-order valence-electron chi connectivity index (χ1n) is 9.52. The lowest BCUT2D eigenvalue weighted by atomic mass is 10.1. The predicted octanol–water partition coefficient (Wildman–Crippen LogP) is 4.45. The van der Waals surface area contributed by atoms with E-state index in [1.165, 1.54) is 12.1 Å². The third-order valence-corrected chi connectivity index (χ3v) is 4.91. The van der Waals surface area contributed by atoms with Gasteiger partial charge in [0.25, 0.3) is 5.69 Å². The Morgan fingerprint density at radius 3 is 2.61 bits per heavy atom. The third kappa shape index (κ3) is 3.60. The van der Waals surface area contributed by atoms with E-state index in [0.717, 1.165) is 33.8 Å². The van der Waals surface area contributed by atoms with Crippen LogP contribution in [0.5, 0.6) is 0 Å². The van der Waals surface area contributed by atoms with E-state index in [-0.39, 0.29) is 5.69 Å². The molecule has 9 nitrogen and oxygen atoms in total. The number of anilines is 2. The average molecular weight is 411 g/mol. The highest BCUT2D eigenvalue weighted by Gasteiger charge is 2.10. The molecule has 0 unspecified atom stereocenters. The summed E-state index contributed by atoms with van der Waals surface area (Å²) in [4.78, 5) is 19.6. The Morgan fingerprint density at radius 1 is 1.03 bits per heavy atom. The van der Waals surface area contributed by atoms with Crippen LogP contribution in [0.2, 0.25) is 0 Å². The van der Waals surface area contributed by atoms with E-state index in [2.05, 4.69) is 20.4 Å². The van der Waals surface area contributed by atoms with Gasteiger partial charge in [0.05, 0.1) is 28.7 Å². The lowest BCUT2D eigenvalue weighted by Gasteiger charge is -2.08. The Hall–Kier alpha value is -4.53. The summed E-state index contributed by atoms with van der Waals surface area (Å²) in [6.45, 7) is 0. The fourth-order valence-electron chi connectivity index (χ4n) is 3.38. The maximum Gasteiger partial charge on any atom is 0.269 e. The molecule has 152 valence electrons. The van der Waals surface area contributed by atoms with Crippen LogP contribution in [0.4, 0.5) is 17.2 Å². The highest BCUT2D eigenvalue weighted by molar-refractivity contribution is 5.70. The van der Waals surface area contributed by atoms with Gasteiger partial charge in [-0.05, 0) is 42.0 Å². The fraction of sp³-hybridized carbons (Fsp3) is 0.0455. The molecule has 0 spiro atoms. The SMILES string of the molecule is Cn1cc(-c2ccn3c(-c4cccc(Nc5ccc([N+](=O)[O-])cc5)n4)cnc3c2)cn1. The minimum absolute atomic E-state index is 0.0450. The molecular formula is C22H17N7O2. The van der Waals surface area contributed by atoms with E-state index in [1.807, 2.05) is 60.4 Å². The number of non-ortho nitro benzene ring substituents is 1. The smallest absolute Gasteiger partial charge is 0.269 e. The van der Waals surface area contributed by atoms with E-state index in [9.17, 15) is 10.1 Å². The van der Waals surface area contributed by atoms with Gasteiger partial charge in [0, 0.05) is 42.8 Å². The van der Waals surface area contributed by atoms with Crippen molar-refractivity contribution in [3.8, 4) is 22.5 Å². The van der Waals surface area contributed by atoms with Gasteiger partial charge in [0.1, 0.15) is 11.5 Å². The molecule has 5 rings (SSSR count). The molecule has 0 amide bonds. The van der Waals surface area contributed by atoms with Crippen molar-refractivity contribution < 1.29 is 4.92 Å². The number of aromatic nitrogens is 5. The summed E-state index contributed by atoms with van der Waals surface area (Å²) in [5.74, 6) is 0.633. The molecule has 0 radical (unpaired) electrons. The summed E-state index contributed by atoms with van der Waals surface area (Å²) in [6, 6.07) is 15.9. The molecule has 1 N–H and O–H groups in total. The van der Waals surface area contributed by atoms with E-state index in [4.69, 9.17) is 0 Å². The molecule has 0 atom stereocenters. The zero-order valence-corrected chi connectivity index (χ0v) is 16.5. The monoisotopic (exact) mass is 411 g/mol. The first kappa shape index (κ1) is 18.5. The van der Waals surface area contributed by atoms with Crippen LogP contribution in [0.25, 0.3) is 28.2 Å². The van der Waals surface area contributed by atoms with E-state index in [1.54, 1.807) is 23.0 Å². The van der Waals surface area contributed by atoms with E-state index < -0.39 is 4.92 Å². The highest BCUT2D eigenvalue weighted by atomic mass is 16.6. The van der Waals surface area contributed by atoms with Gasteiger partial charge < -0.3 is 5.32 Å². The topological polar surface area (TPSA) is 103 Å². The van der Waals surface area contributed by atoms with Crippen LogP contribution in [0.15, 0.2) is 79.4 Å². The van der Waals surface area contributed by atoms with E-state index >= 15 is 0 Å². The molecule has 0 fully saturated rings. The minimum atomic E-state index is -0.424. The van der Waals surface area contributed by atoms with E-state index in [0.29, 0.717) is 5.82 Å². The molecule has 0 aliphatic rings. The normalized spacial score (nSPS) is 11.0. The Bertz CT molecular complexity index is 1400. The van der Waals surface area contributed by atoms with Gasteiger partial charge in [-0.3, -0.25) is 19.2 Å². The molecule has 5 aromatic rings. The van der Waals surface area contributed by atoms with Crippen LogP contribution in [-0.4, -0.2) is 29.1 Å². The van der Waals surface area contributed by atoms with Crippen LogP contribution in [-0.2, 0) is 7.05 Å². The maximum atomic E-state index is 10.8. The number of hydrogen-bond acceptors (Lipinski definition) is 6. The summed E-state index contributed by atoms with van der Waals surface area (Å²) in [5.41, 5.74) is 5.26. The first-order valence-corrected chi connectivity index (χ1v) is 9.52. The number of hydrogen-bond donors (Lipinski definition) is 1. The molecule has 0 saturated heterocycles. The largest absolute Gasteiger partial charge is 0.340 e. The second-order valence-corrected chi connectivity index (χ2v) is 7.03. The Labute approximate surface area is 176 Å². The summed E-state index contributed by atoms with van der Waals surface area (Å²) in [6.07, 6.45) is 7.55. The third-order valence-electron chi connectivity index (χ3n) is 4.91. The highest BCUT2D eigenvalue weighted by Crippen LogP contribution is 2.26. The molecule has 0 saturated carbocycles. The molecule has 31 heavy (non-hydrogen) atoms. The average Bonchev–Trinajstić information content (AvgIpc) is 3.40. The summed E-state index contributed by atoms with van der Waals surface area (Å²) >= 11 is 0. The number of nitro benzene ring substituents is 1. The number of nitro groups is 1. The number of benzene rings is 1. The van der Waals surface area contributed by atoms with Crippen molar-refractivity contribution >= 4 is 22.8 Å². The fourth-order valence-corrected chi connectivity index (χ4v) is 3.38. The second kappa shape index (κ2) is 7.38. The van der Waals surface area contributed by atoms with Gasteiger partial charge in [-0.1, -0.05) is 6.07 Å². The lowest BCUT2D eigenvalue weighted by Crippen LogP contribution is -1.96. The Balaban J connectivity index is 1.44. The van der Waals surface area contributed by atoms with Gasteiger partial charge in [0.2, 0.25) is 0 Å². The van der Waals surface area contributed by atoms with Crippen LogP contribution in [0.1, 0.15) is 0 Å². The quantitative estimate of drug-likeness (QED) is 0.339. The number of nitrogens with one attached hydrogen (secondary N) is 1. The minimum Gasteiger partial charge on any atom is -0.340 e. The number of rotatable bonds is 5. The Kier molecular flexibility index (Phi) is 4.40. The van der Waals surface area contributed by atoms with Gasteiger partial charge in [-0.25, -0.2) is 9.97 Å². The molecular weight excluding hydrogens is 394 g/mol. The lowest BCUT2D eigenvalue weighted by molar-refractivity contribution is -0.384. The molecule has 4 heterocycles. The second-order valence-electron chi connectivity index (χ2n) is 7.03. The molecule has 1 aromatic carbocycles. The van der Waals surface area contributed by atoms with Gasteiger partial charge in [-0.2, -0.15) is 5.10 Å². The number of fused-ring (bicyclic) bond motifs is 1. The number of aryl methyl sites for hydroxylation is 1. The van der Waals surface area contributed by atoms with Crippen LogP contribution >= 0.6 is 0 Å². The van der Waals surface area contributed by atoms with Crippen molar-refractivity contribution in [1.29, 1.82) is 0 Å². The maximum absolute atomic E-state index is 10.8. The van der Waals surface area contributed by atoms with Crippen molar-refractivity contribution in [2.45, 2.75) is 0 Å². The zero-order chi connectivity index (χ0) is 21.4. The van der Waals surface area contributed by atoms with Crippen LogP contribution in [0.3, 0.4) is 0 Å². The molecule has 9 heteroatoms. The number of pyridine rings is 2. The van der Waals surface area contributed by atoms with Crippen LogP contribution < -0.4 is 5.32 Å². The van der Waals surface area contributed by atoms with Crippen molar-refractivity contribution in [3.63, 3.8) is 0 Å². The predicted molar refractivity (Wildman–Crippen MR) is 117 cm³/mol. The van der Waals surface area contributed by atoms with Gasteiger partial charge >= 0.3 is 0 Å². The number of imidazole rings is 1. The van der Waals surface area contributed by atoms with Gasteiger partial charge in [-0.15, -0.1) is 0 Å². The van der Waals surface area contributed by atoms with Crippen molar-refractivity contribution in [2.24, 2.45) is 7.05 Å². The molecule has 0 aliphatic heterocycles. The Morgan fingerprint density at radius 2 is 1.87 bits per heavy atom. The zero-order valence-electron chi connectivity index (χ0n) is 16.5.